The maximum Gasteiger partial charge on any atom is 0.240 e. The number of hydrogen-bond acceptors (Lipinski definition) is 3. The highest BCUT2D eigenvalue weighted by Gasteiger charge is 2.34. The predicted molar refractivity (Wildman–Crippen MR) is 73.9 cm³/mol. The van der Waals surface area contributed by atoms with E-state index in [0.29, 0.717) is 6.54 Å². The van der Waals surface area contributed by atoms with Gasteiger partial charge in [-0.3, -0.25) is 4.79 Å². The summed E-state index contributed by atoms with van der Waals surface area (Å²) in [6.07, 6.45) is 4.95. The minimum Gasteiger partial charge on any atom is -0.350 e. The number of hydrogen-bond donors (Lipinski definition) is 2. The van der Waals surface area contributed by atoms with Crippen molar-refractivity contribution in [1.82, 2.24) is 5.32 Å². The molecule has 17 heavy (non-hydrogen) atoms. The van der Waals surface area contributed by atoms with Gasteiger partial charge in [0.1, 0.15) is 0 Å². The van der Waals surface area contributed by atoms with Gasteiger partial charge in [-0.1, -0.05) is 19.3 Å². The zero-order chi connectivity index (χ0) is 12.3. The third kappa shape index (κ3) is 3.30. The lowest BCUT2D eigenvalue weighted by atomic mass is 9.82. The van der Waals surface area contributed by atoms with Gasteiger partial charge in [-0.25, -0.2) is 0 Å². The first-order chi connectivity index (χ1) is 8.10. The molecule has 2 rings (SSSR count). The van der Waals surface area contributed by atoms with Crippen molar-refractivity contribution in [3.05, 3.63) is 20.8 Å². The molecule has 3 nitrogen and oxygen atoms in total. The smallest absolute Gasteiger partial charge is 0.240 e. The van der Waals surface area contributed by atoms with Gasteiger partial charge in [0.15, 0.2) is 0 Å². The van der Waals surface area contributed by atoms with E-state index >= 15 is 0 Å². The molecule has 1 aromatic rings. The number of rotatable bonds is 3. The van der Waals surface area contributed by atoms with Gasteiger partial charge in [0, 0.05) is 14.7 Å². The molecule has 94 valence electrons. The Morgan fingerprint density at radius 1 is 1.47 bits per heavy atom. The topological polar surface area (TPSA) is 55.1 Å². The first-order valence-corrected chi connectivity index (χ1v) is 7.57. The summed E-state index contributed by atoms with van der Waals surface area (Å²) in [7, 11) is 0. The lowest BCUT2D eigenvalue weighted by molar-refractivity contribution is -0.127. The fourth-order valence-electron chi connectivity index (χ4n) is 2.20. The van der Waals surface area contributed by atoms with Gasteiger partial charge >= 0.3 is 0 Å². The highest BCUT2D eigenvalue weighted by atomic mass is 79.9. The van der Waals surface area contributed by atoms with E-state index in [1.807, 2.05) is 11.4 Å². The predicted octanol–water partition coefficient (Wildman–Crippen LogP) is 2.79. The summed E-state index contributed by atoms with van der Waals surface area (Å²) in [4.78, 5) is 13.2. The average molecular weight is 317 g/mol. The zero-order valence-corrected chi connectivity index (χ0v) is 12.1. The van der Waals surface area contributed by atoms with Gasteiger partial charge < -0.3 is 11.1 Å². The normalized spacial score (nSPS) is 18.9. The highest BCUT2D eigenvalue weighted by Crippen LogP contribution is 2.26. The summed E-state index contributed by atoms with van der Waals surface area (Å²) in [6.45, 7) is 0.577. The van der Waals surface area contributed by atoms with Crippen LogP contribution in [-0.4, -0.2) is 11.4 Å². The molecular weight excluding hydrogens is 300 g/mol. The van der Waals surface area contributed by atoms with Crippen molar-refractivity contribution in [3.63, 3.8) is 0 Å². The fraction of sp³-hybridized carbons (Fsp3) is 0.583. The van der Waals surface area contributed by atoms with E-state index in [1.165, 1.54) is 6.42 Å². The number of nitrogens with one attached hydrogen (secondary N) is 1. The van der Waals surface area contributed by atoms with Crippen LogP contribution in [0.4, 0.5) is 0 Å². The van der Waals surface area contributed by atoms with Crippen molar-refractivity contribution in [1.29, 1.82) is 0 Å². The van der Waals surface area contributed by atoms with E-state index in [2.05, 4.69) is 21.2 Å². The summed E-state index contributed by atoms with van der Waals surface area (Å²) >= 11 is 5.03. The van der Waals surface area contributed by atoms with Crippen LogP contribution >= 0.6 is 27.3 Å². The number of thiophene rings is 1. The van der Waals surface area contributed by atoms with E-state index in [0.717, 1.165) is 35.0 Å². The van der Waals surface area contributed by atoms with Crippen LogP contribution < -0.4 is 11.1 Å². The first kappa shape index (κ1) is 13.1. The Balaban J connectivity index is 1.88. The molecular formula is C12H17BrN2OS. The lowest BCUT2D eigenvalue weighted by Crippen LogP contribution is -2.54. The number of halogens is 1. The Morgan fingerprint density at radius 2 is 2.18 bits per heavy atom. The Bertz CT molecular complexity index is 399. The monoisotopic (exact) mass is 316 g/mol. The molecule has 1 heterocycles. The molecule has 1 fully saturated rings. The van der Waals surface area contributed by atoms with Gasteiger partial charge in [-0.05, 0) is 34.8 Å². The third-order valence-electron chi connectivity index (χ3n) is 3.24. The SMILES string of the molecule is NC1(C(=O)NCc2cc(Br)cs2)CCCCC1. The molecule has 1 aliphatic rings. The second-order valence-electron chi connectivity index (χ2n) is 4.63. The van der Waals surface area contributed by atoms with Crippen LogP contribution in [0.2, 0.25) is 0 Å². The van der Waals surface area contributed by atoms with Crippen molar-refractivity contribution >= 4 is 33.2 Å². The quantitative estimate of drug-likeness (QED) is 0.901. The summed E-state index contributed by atoms with van der Waals surface area (Å²) in [5.41, 5.74) is 5.52. The first-order valence-electron chi connectivity index (χ1n) is 5.90. The second-order valence-corrected chi connectivity index (χ2v) is 6.54. The lowest BCUT2D eigenvalue weighted by Gasteiger charge is -2.31. The summed E-state index contributed by atoms with van der Waals surface area (Å²) in [6, 6.07) is 2.02. The summed E-state index contributed by atoms with van der Waals surface area (Å²) in [5.74, 6) is 0.00159. The maximum absolute atomic E-state index is 12.1. The third-order valence-corrected chi connectivity index (χ3v) is 4.94. The van der Waals surface area contributed by atoms with Gasteiger partial charge in [0.2, 0.25) is 5.91 Å². The van der Waals surface area contributed by atoms with E-state index in [9.17, 15) is 4.79 Å². The summed E-state index contributed by atoms with van der Waals surface area (Å²) < 4.78 is 1.06. The fourth-order valence-corrected chi connectivity index (χ4v) is 3.59. The van der Waals surface area contributed by atoms with Crippen LogP contribution in [-0.2, 0) is 11.3 Å². The number of carbonyl (C=O) groups excluding carboxylic acids is 1. The highest BCUT2D eigenvalue weighted by molar-refractivity contribution is 9.10. The molecule has 0 unspecified atom stereocenters. The molecule has 0 aromatic carbocycles. The molecule has 0 bridgehead atoms. The largest absolute Gasteiger partial charge is 0.350 e. The van der Waals surface area contributed by atoms with Crippen molar-refractivity contribution in [2.75, 3.05) is 0 Å². The zero-order valence-electron chi connectivity index (χ0n) is 9.67. The minimum atomic E-state index is -0.632. The molecule has 0 radical (unpaired) electrons. The van der Waals surface area contributed by atoms with E-state index < -0.39 is 5.54 Å². The average Bonchev–Trinajstić information content (AvgIpc) is 2.73. The Labute approximate surface area is 114 Å². The van der Waals surface area contributed by atoms with Crippen molar-refractivity contribution < 1.29 is 4.79 Å². The van der Waals surface area contributed by atoms with Gasteiger partial charge in [-0.15, -0.1) is 11.3 Å². The Morgan fingerprint density at radius 3 is 2.76 bits per heavy atom. The minimum absolute atomic E-state index is 0.00159. The standard InChI is InChI=1S/C12H17BrN2OS/c13-9-6-10(17-8-9)7-15-11(16)12(14)4-2-1-3-5-12/h6,8H,1-5,7,14H2,(H,15,16). The van der Waals surface area contributed by atoms with Crippen molar-refractivity contribution in [2.24, 2.45) is 5.73 Å². The van der Waals surface area contributed by atoms with Crippen LogP contribution in [0.5, 0.6) is 0 Å². The Kier molecular flexibility index (Phi) is 4.22. The van der Waals surface area contributed by atoms with Gasteiger partial charge in [0.05, 0.1) is 12.1 Å². The number of carbonyl (C=O) groups is 1. The van der Waals surface area contributed by atoms with Crippen LogP contribution in [0.15, 0.2) is 15.9 Å². The van der Waals surface area contributed by atoms with Gasteiger partial charge in [-0.2, -0.15) is 0 Å². The van der Waals surface area contributed by atoms with Crippen molar-refractivity contribution in [3.8, 4) is 0 Å². The van der Waals surface area contributed by atoms with E-state index in [4.69, 9.17) is 5.73 Å². The second kappa shape index (κ2) is 5.50. The molecule has 0 atom stereocenters. The van der Waals surface area contributed by atoms with Crippen LogP contribution in [0.1, 0.15) is 37.0 Å². The van der Waals surface area contributed by atoms with Crippen molar-refractivity contribution in [2.45, 2.75) is 44.2 Å². The van der Waals surface area contributed by atoms with Gasteiger partial charge in [0.25, 0.3) is 0 Å². The van der Waals surface area contributed by atoms with Crippen LogP contribution in [0, 0.1) is 0 Å². The molecule has 1 saturated carbocycles. The van der Waals surface area contributed by atoms with E-state index in [1.54, 1.807) is 11.3 Å². The molecule has 1 amide bonds. The molecule has 1 aromatic heterocycles. The summed E-state index contributed by atoms with van der Waals surface area (Å²) in [5, 5.41) is 4.96. The van der Waals surface area contributed by atoms with Crippen LogP contribution in [0.25, 0.3) is 0 Å². The molecule has 0 aliphatic heterocycles. The van der Waals surface area contributed by atoms with E-state index in [-0.39, 0.29) is 5.91 Å². The molecule has 5 heteroatoms. The maximum atomic E-state index is 12.1. The number of nitrogens with two attached hydrogens (primary N) is 1. The molecule has 1 aliphatic carbocycles. The Hall–Kier alpha value is -0.390. The molecule has 0 spiro atoms. The number of amides is 1. The van der Waals surface area contributed by atoms with Crippen LogP contribution in [0.3, 0.4) is 0 Å². The molecule has 3 N–H and O–H groups in total. The molecule has 0 saturated heterocycles.